The minimum absolute atomic E-state index is 0.196. The summed E-state index contributed by atoms with van der Waals surface area (Å²) in [4.78, 5) is 0. The van der Waals surface area contributed by atoms with Gasteiger partial charge in [0.15, 0.2) is 0 Å². The van der Waals surface area contributed by atoms with E-state index in [-0.39, 0.29) is 5.75 Å². The highest BCUT2D eigenvalue weighted by atomic mass is 16.3. The van der Waals surface area contributed by atoms with E-state index >= 15 is 0 Å². The first-order valence-electron chi connectivity index (χ1n) is 4.49. The lowest BCUT2D eigenvalue weighted by atomic mass is 10.1. The monoisotopic (exact) mass is 187 g/mol. The first-order valence-corrected chi connectivity index (χ1v) is 4.49. The normalized spacial score (nSPS) is 9.21. The van der Waals surface area contributed by atoms with Crippen LogP contribution in [0.3, 0.4) is 0 Å². The lowest BCUT2D eigenvalue weighted by Crippen LogP contribution is -1.84. The second kappa shape index (κ2) is 4.48. The Morgan fingerprint density at radius 1 is 1.50 bits per heavy atom. The number of benzene rings is 1. The Morgan fingerprint density at radius 2 is 2.21 bits per heavy atom. The molecule has 0 saturated heterocycles. The molecule has 14 heavy (non-hydrogen) atoms. The molecule has 1 aromatic rings. The number of hydrogen-bond acceptors (Lipinski definition) is 2. The quantitative estimate of drug-likeness (QED) is 0.723. The molecule has 1 N–H and O–H groups in total. The van der Waals surface area contributed by atoms with Crippen LogP contribution in [0.25, 0.3) is 0 Å². The minimum Gasteiger partial charge on any atom is -0.508 e. The van der Waals surface area contributed by atoms with E-state index in [1.165, 1.54) is 11.6 Å². The first kappa shape index (κ1) is 10.3. The van der Waals surface area contributed by atoms with Gasteiger partial charge in [-0.3, -0.25) is 0 Å². The van der Waals surface area contributed by atoms with Crippen LogP contribution in [0.4, 0.5) is 0 Å². The number of nitriles is 1. The van der Waals surface area contributed by atoms with Crippen LogP contribution >= 0.6 is 0 Å². The smallest absolute Gasteiger partial charge is 0.120 e. The van der Waals surface area contributed by atoms with Gasteiger partial charge in [0.1, 0.15) is 5.75 Å². The molecule has 0 bridgehead atoms. The van der Waals surface area contributed by atoms with Gasteiger partial charge in [0, 0.05) is 0 Å². The van der Waals surface area contributed by atoms with Crippen LogP contribution in [0.2, 0.25) is 0 Å². The predicted octanol–water partition coefficient (Wildman–Crippen LogP) is 2.77. The summed E-state index contributed by atoms with van der Waals surface area (Å²) in [5.41, 5.74) is 2.56. The van der Waals surface area contributed by atoms with Crippen LogP contribution in [0.15, 0.2) is 29.8 Å². The van der Waals surface area contributed by atoms with Gasteiger partial charge < -0.3 is 5.11 Å². The summed E-state index contributed by atoms with van der Waals surface area (Å²) in [5, 5.41) is 18.2. The van der Waals surface area contributed by atoms with Gasteiger partial charge in [-0.15, -0.1) is 0 Å². The van der Waals surface area contributed by atoms with Gasteiger partial charge in [0.25, 0.3) is 0 Å². The summed E-state index contributed by atoms with van der Waals surface area (Å²) < 4.78 is 0. The van der Waals surface area contributed by atoms with E-state index in [1.54, 1.807) is 12.1 Å². The number of rotatable bonds is 2. The van der Waals surface area contributed by atoms with Crippen LogP contribution in [0.1, 0.15) is 25.0 Å². The Morgan fingerprint density at radius 3 is 2.71 bits per heavy atom. The summed E-state index contributed by atoms with van der Waals surface area (Å²) in [6.07, 6.45) is 2.75. The number of allylic oxidation sites excluding steroid dienone is 2. The first-order chi connectivity index (χ1) is 6.63. The molecule has 0 saturated carbocycles. The van der Waals surface area contributed by atoms with E-state index in [0.29, 0.717) is 12.0 Å². The van der Waals surface area contributed by atoms with Crippen molar-refractivity contribution in [3.05, 3.63) is 41.0 Å². The molecular weight excluding hydrogens is 174 g/mol. The van der Waals surface area contributed by atoms with Gasteiger partial charge in [0.05, 0.1) is 11.6 Å². The Bertz CT molecular complexity index is 395. The van der Waals surface area contributed by atoms with E-state index in [2.05, 4.69) is 0 Å². The third kappa shape index (κ3) is 2.63. The molecule has 2 heteroatoms. The summed E-state index contributed by atoms with van der Waals surface area (Å²) in [5.74, 6) is 0.196. The van der Waals surface area contributed by atoms with Gasteiger partial charge >= 0.3 is 0 Å². The third-order valence-corrected chi connectivity index (χ3v) is 1.94. The maximum Gasteiger partial charge on any atom is 0.120 e. The molecule has 0 radical (unpaired) electrons. The van der Waals surface area contributed by atoms with Crippen molar-refractivity contribution < 1.29 is 5.11 Å². The lowest BCUT2D eigenvalue weighted by Gasteiger charge is -2.01. The molecule has 0 spiro atoms. The molecule has 0 heterocycles. The Hall–Kier alpha value is -1.75. The molecule has 0 unspecified atom stereocenters. The van der Waals surface area contributed by atoms with Crippen molar-refractivity contribution in [2.75, 3.05) is 0 Å². The molecule has 0 aliphatic heterocycles. The molecule has 2 nitrogen and oxygen atoms in total. The molecule has 1 rings (SSSR count). The molecule has 72 valence electrons. The van der Waals surface area contributed by atoms with E-state index < -0.39 is 0 Å². The van der Waals surface area contributed by atoms with Crippen molar-refractivity contribution in [1.82, 2.24) is 0 Å². The van der Waals surface area contributed by atoms with E-state index in [9.17, 15) is 5.11 Å². The molecule has 1 aromatic carbocycles. The molecule has 0 amide bonds. The van der Waals surface area contributed by atoms with Gasteiger partial charge in [-0.1, -0.05) is 17.7 Å². The predicted molar refractivity (Wildman–Crippen MR) is 56.0 cm³/mol. The zero-order valence-corrected chi connectivity index (χ0v) is 8.41. The topological polar surface area (TPSA) is 44.0 Å². The van der Waals surface area contributed by atoms with Crippen LogP contribution in [0, 0.1) is 11.3 Å². The van der Waals surface area contributed by atoms with Crippen molar-refractivity contribution >= 4 is 0 Å². The number of hydrogen-bond donors (Lipinski definition) is 1. The number of phenolic OH excluding ortho intramolecular Hbond substituents is 1. The van der Waals surface area contributed by atoms with Gasteiger partial charge in [-0.25, -0.2) is 0 Å². The van der Waals surface area contributed by atoms with Crippen LogP contribution in [-0.4, -0.2) is 5.11 Å². The van der Waals surface area contributed by atoms with Crippen molar-refractivity contribution in [2.45, 2.75) is 20.3 Å². The SMILES string of the molecule is CC(C)=CCc1ccc(C#N)cc1O. The fraction of sp³-hybridized carbons (Fsp3) is 0.250. The number of aromatic hydroxyl groups is 1. The summed E-state index contributed by atoms with van der Waals surface area (Å²) in [6.45, 7) is 4.03. The fourth-order valence-corrected chi connectivity index (χ4v) is 1.12. The van der Waals surface area contributed by atoms with E-state index in [0.717, 1.165) is 5.56 Å². The van der Waals surface area contributed by atoms with E-state index in [4.69, 9.17) is 5.26 Å². The van der Waals surface area contributed by atoms with Crippen molar-refractivity contribution in [2.24, 2.45) is 0 Å². The zero-order chi connectivity index (χ0) is 10.6. The van der Waals surface area contributed by atoms with Crippen molar-refractivity contribution in [1.29, 1.82) is 5.26 Å². The highest BCUT2D eigenvalue weighted by Crippen LogP contribution is 2.19. The Balaban J connectivity index is 2.91. The second-order valence-corrected chi connectivity index (χ2v) is 3.44. The summed E-state index contributed by atoms with van der Waals surface area (Å²) in [6, 6.07) is 6.98. The summed E-state index contributed by atoms with van der Waals surface area (Å²) in [7, 11) is 0. The largest absolute Gasteiger partial charge is 0.508 e. The van der Waals surface area contributed by atoms with Crippen LogP contribution in [-0.2, 0) is 6.42 Å². The van der Waals surface area contributed by atoms with Crippen LogP contribution in [0.5, 0.6) is 5.75 Å². The third-order valence-electron chi connectivity index (χ3n) is 1.94. The Kier molecular flexibility index (Phi) is 3.30. The average Bonchev–Trinajstić information content (AvgIpc) is 2.15. The Labute approximate surface area is 84.1 Å². The second-order valence-electron chi connectivity index (χ2n) is 3.44. The lowest BCUT2D eigenvalue weighted by molar-refractivity contribution is 0.469. The zero-order valence-electron chi connectivity index (χ0n) is 8.41. The number of nitrogens with zero attached hydrogens (tertiary/aromatic N) is 1. The molecule has 0 atom stereocenters. The van der Waals surface area contributed by atoms with Crippen LogP contribution < -0.4 is 0 Å². The average molecular weight is 187 g/mol. The maximum atomic E-state index is 9.55. The van der Waals surface area contributed by atoms with Crippen molar-refractivity contribution in [3.63, 3.8) is 0 Å². The molecule has 0 aliphatic rings. The molecule has 0 aliphatic carbocycles. The van der Waals surface area contributed by atoms with Crippen molar-refractivity contribution in [3.8, 4) is 11.8 Å². The van der Waals surface area contributed by atoms with Gasteiger partial charge in [0.2, 0.25) is 0 Å². The minimum atomic E-state index is 0.196. The fourth-order valence-electron chi connectivity index (χ4n) is 1.12. The van der Waals surface area contributed by atoms with Gasteiger partial charge in [-0.05, 0) is 38.0 Å². The van der Waals surface area contributed by atoms with Gasteiger partial charge in [-0.2, -0.15) is 5.26 Å². The highest BCUT2D eigenvalue weighted by molar-refractivity contribution is 5.42. The summed E-state index contributed by atoms with van der Waals surface area (Å²) >= 11 is 0. The maximum absolute atomic E-state index is 9.55. The molecule has 0 aromatic heterocycles. The highest BCUT2D eigenvalue weighted by Gasteiger charge is 2.00. The standard InChI is InChI=1S/C12H13NO/c1-9(2)3-5-11-6-4-10(8-13)7-12(11)14/h3-4,6-7,14H,5H2,1-2H3. The van der Waals surface area contributed by atoms with E-state index in [1.807, 2.05) is 26.0 Å². The molecule has 0 fully saturated rings. The molecular formula is C12H13NO. The number of phenols is 1.